The average Bonchev–Trinajstić information content (AvgIpc) is 2.91. The summed E-state index contributed by atoms with van der Waals surface area (Å²) in [5, 5.41) is 8.62. The van der Waals surface area contributed by atoms with Crippen LogP contribution < -0.4 is 10.1 Å². The molecule has 0 bridgehead atoms. The number of nitrogens with zero attached hydrogens (tertiary/aromatic N) is 2. The van der Waals surface area contributed by atoms with Gasteiger partial charge in [0.1, 0.15) is 16.4 Å². The molecule has 0 radical (unpaired) electrons. The minimum absolute atomic E-state index is 0.828. The van der Waals surface area contributed by atoms with Gasteiger partial charge in [-0.2, -0.15) is 0 Å². The van der Waals surface area contributed by atoms with E-state index >= 15 is 0 Å². The van der Waals surface area contributed by atoms with Crippen molar-refractivity contribution in [2.75, 3.05) is 19.0 Å². The van der Waals surface area contributed by atoms with Gasteiger partial charge in [-0.25, -0.2) is 0 Å². The molecule has 0 spiro atoms. The van der Waals surface area contributed by atoms with Gasteiger partial charge in [-0.1, -0.05) is 11.4 Å². The first-order valence-electron chi connectivity index (χ1n) is 6.15. The number of hydrogen-bond acceptors (Lipinski definition) is 6. The van der Waals surface area contributed by atoms with Gasteiger partial charge in [0.25, 0.3) is 0 Å². The predicted molar refractivity (Wildman–Crippen MR) is 81.2 cm³/mol. The quantitative estimate of drug-likeness (QED) is 0.790. The largest absolute Gasteiger partial charge is 0.497 e. The molecular weight excluding hydrogens is 278 g/mol. The summed E-state index contributed by atoms with van der Waals surface area (Å²) in [6.45, 7) is 3.11. The van der Waals surface area contributed by atoms with Gasteiger partial charge in [0.2, 0.25) is 0 Å². The Morgan fingerprint density at radius 1 is 1.32 bits per heavy atom. The predicted octanol–water partition coefficient (Wildman–Crippen LogP) is 3.66. The van der Waals surface area contributed by atoms with Crippen molar-refractivity contribution >= 4 is 28.3 Å². The topological polar surface area (TPSA) is 47.0 Å². The van der Waals surface area contributed by atoms with Crippen molar-refractivity contribution < 1.29 is 4.74 Å². The molecule has 19 heavy (non-hydrogen) atoms. The first-order valence-corrected chi connectivity index (χ1v) is 7.91. The molecule has 1 heterocycles. The molecule has 1 N–H and O–H groups in total. The lowest BCUT2D eigenvalue weighted by atomic mass is 10.3. The lowest BCUT2D eigenvalue weighted by Crippen LogP contribution is -2.00. The second-order valence-corrected chi connectivity index (χ2v) is 5.74. The summed E-state index contributed by atoms with van der Waals surface area (Å²) < 4.78 is 9.15. The Bertz CT molecular complexity index is 499. The highest BCUT2D eigenvalue weighted by molar-refractivity contribution is 7.98. The zero-order valence-electron chi connectivity index (χ0n) is 11.0. The van der Waals surface area contributed by atoms with Crippen LogP contribution in [0.1, 0.15) is 19.0 Å². The van der Waals surface area contributed by atoms with E-state index in [1.54, 1.807) is 18.9 Å². The summed E-state index contributed by atoms with van der Waals surface area (Å²) in [7, 11) is 1.68. The Morgan fingerprint density at radius 3 is 2.79 bits per heavy atom. The van der Waals surface area contributed by atoms with E-state index in [2.05, 4.69) is 34.0 Å². The average molecular weight is 295 g/mol. The molecule has 0 saturated carbocycles. The zero-order valence-corrected chi connectivity index (χ0v) is 12.7. The molecule has 2 aromatic rings. The van der Waals surface area contributed by atoms with Crippen LogP contribution in [-0.2, 0) is 5.75 Å². The number of hydrogen-bond donors (Lipinski definition) is 1. The Labute approximate surface area is 121 Å². The molecule has 1 aromatic heterocycles. The monoisotopic (exact) mass is 295 g/mol. The van der Waals surface area contributed by atoms with E-state index in [1.807, 2.05) is 12.1 Å². The Hall–Kier alpha value is -1.27. The van der Waals surface area contributed by atoms with E-state index in [0.29, 0.717) is 0 Å². The van der Waals surface area contributed by atoms with E-state index in [9.17, 15) is 0 Å². The normalized spacial score (nSPS) is 10.4. The van der Waals surface area contributed by atoms with Gasteiger partial charge in [0.15, 0.2) is 0 Å². The number of rotatable bonds is 7. The first kappa shape index (κ1) is 14.1. The van der Waals surface area contributed by atoms with E-state index < -0.39 is 0 Å². The fourth-order valence-electron chi connectivity index (χ4n) is 1.50. The minimum atomic E-state index is 0.828. The van der Waals surface area contributed by atoms with Crippen LogP contribution >= 0.6 is 23.3 Å². The maximum absolute atomic E-state index is 5.14. The molecule has 0 atom stereocenters. The summed E-state index contributed by atoms with van der Waals surface area (Å²) in [6, 6.07) is 8.06. The van der Waals surface area contributed by atoms with Gasteiger partial charge in [-0.05, 0) is 30.7 Å². The van der Waals surface area contributed by atoms with Crippen LogP contribution in [0.4, 0.5) is 5.00 Å². The number of ether oxygens (including phenoxy) is 1. The maximum atomic E-state index is 5.14. The van der Waals surface area contributed by atoms with Crippen molar-refractivity contribution in [1.82, 2.24) is 9.59 Å². The van der Waals surface area contributed by atoms with Crippen LogP contribution in [-0.4, -0.2) is 23.2 Å². The van der Waals surface area contributed by atoms with Crippen LogP contribution in [0.5, 0.6) is 5.75 Å². The van der Waals surface area contributed by atoms with E-state index in [1.165, 1.54) is 16.4 Å². The number of aromatic nitrogens is 2. The fraction of sp³-hybridized carbons (Fsp3) is 0.385. The molecule has 0 amide bonds. The van der Waals surface area contributed by atoms with Crippen LogP contribution in [0.15, 0.2) is 29.2 Å². The SMILES string of the molecule is CCCNc1snnc1CSc1ccc(OC)cc1. The molecule has 4 nitrogen and oxygen atoms in total. The number of benzene rings is 1. The molecular formula is C13H17N3OS2. The second-order valence-electron chi connectivity index (χ2n) is 3.94. The summed E-state index contributed by atoms with van der Waals surface area (Å²) >= 11 is 3.18. The molecule has 1 aromatic carbocycles. The molecule has 0 fully saturated rings. The van der Waals surface area contributed by atoms with Crippen molar-refractivity contribution in [2.45, 2.75) is 24.0 Å². The van der Waals surface area contributed by atoms with Gasteiger partial charge < -0.3 is 10.1 Å². The summed E-state index contributed by atoms with van der Waals surface area (Å²) in [6.07, 6.45) is 1.10. The molecule has 0 unspecified atom stereocenters. The first-order chi connectivity index (χ1) is 9.33. The Balaban J connectivity index is 1.92. The summed E-state index contributed by atoms with van der Waals surface area (Å²) in [4.78, 5) is 1.20. The van der Waals surface area contributed by atoms with Crippen LogP contribution in [0.3, 0.4) is 0 Å². The van der Waals surface area contributed by atoms with Crippen molar-refractivity contribution in [3.63, 3.8) is 0 Å². The van der Waals surface area contributed by atoms with Gasteiger partial charge in [0, 0.05) is 28.7 Å². The fourth-order valence-corrected chi connectivity index (χ4v) is 3.03. The van der Waals surface area contributed by atoms with E-state index in [-0.39, 0.29) is 0 Å². The molecule has 0 saturated heterocycles. The highest BCUT2D eigenvalue weighted by Gasteiger charge is 2.07. The van der Waals surface area contributed by atoms with Crippen molar-refractivity contribution in [3.8, 4) is 5.75 Å². The van der Waals surface area contributed by atoms with E-state index in [4.69, 9.17) is 4.74 Å². The Kier molecular flexibility index (Phi) is 5.47. The third-order valence-corrected chi connectivity index (χ3v) is 4.28. The minimum Gasteiger partial charge on any atom is -0.497 e. The van der Waals surface area contributed by atoms with Gasteiger partial charge >= 0.3 is 0 Å². The molecule has 0 aliphatic rings. The van der Waals surface area contributed by atoms with Crippen LogP contribution in [0.25, 0.3) is 0 Å². The lowest BCUT2D eigenvalue weighted by Gasteiger charge is -2.04. The van der Waals surface area contributed by atoms with Crippen molar-refractivity contribution in [1.29, 1.82) is 0 Å². The van der Waals surface area contributed by atoms with Crippen molar-refractivity contribution in [2.24, 2.45) is 0 Å². The third kappa shape index (κ3) is 4.11. The summed E-state index contributed by atoms with van der Waals surface area (Å²) in [5.74, 6) is 1.71. The maximum Gasteiger partial charge on any atom is 0.134 e. The standard InChI is InChI=1S/C13H17N3OS2/c1-3-8-14-13-12(15-16-19-13)9-18-11-6-4-10(17-2)5-7-11/h4-7,14H,3,8-9H2,1-2H3. The molecule has 0 aliphatic carbocycles. The van der Waals surface area contributed by atoms with E-state index in [0.717, 1.165) is 35.2 Å². The van der Waals surface area contributed by atoms with Crippen LogP contribution in [0, 0.1) is 0 Å². The highest BCUT2D eigenvalue weighted by Crippen LogP contribution is 2.28. The second kappa shape index (κ2) is 7.35. The van der Waals surface area contributed by atoms with Gasteiger partial charge in [-0.15, -0.1) is 16.9 Å². The lowest BCUT2D eigenvalue weighted by molar-refractivity contribution is 0.414. The molecule has 102 valence electrons. The zero-order chi connectivity index (χ0) is 13.5. The smallest absolute Gasteiger partial charge is 0.134 e. The molecule has 0 aliphatic heterocycles. The highest BCUT2D eigenvalue weighted by atomic mass is 32.2. The van der Waals surface area contributed by atoms with Crippen molar-refractivity contribution in [3.05, 3.63) is 30.0 Å². The Morgan fingerprint density at radius 2 is 2.11 bits per heavy atom. The number of anilines is 1. The number of nitrogens with one attached hydrogen (secondary N) is 1. The number of thioether (sulfide) groups is 1. The molecule has 6 heteroatoms. The van der Waals surface area contributed by atoms with Crippen LogP contribution in [0.2, 0.25) is 0 Å². The van der Waals surface area contributed by atoms with Gasteiger partial charge in [-0.3, -0.25) is 0 Å². The molecule has 2 rings (SSSR count). The third-order valence-electron chi connectivity index (χ3n) is 2.53. The number of methoxy groups -OCH3 is 1. The summed E-state index contributed by atoms with van der Waals surface area (Å²) in [5.41, 5.74) is 1.03. The van der Waals surface area contributed by atoms with Gasteiger partial charge in [0.05, 0.1) is 7.11 Å².